The summed E-state index contributed by atoms with van der Waals surface area (Å²) in [5.41, 5.74) is 2.74. The van der Waals surface area contributed by atoms with E-state index in [0.717, 1.165) is 30.0 Å². The molecule has 2 aromatic carbocycles. The van der Waals surface area contributed by atoms with Crippen LogP contribution in [0, 0.1) is 0 Å². The van der Waals surface area contributed by atoms with Gasteiger partial charge in [-0.15, -0.1) is 0 Å². The summed E-state index contributed by atoms with van der Waals surface area (Å²) in [7, 11) is -1.54. The normalized spacial score (nSPS) is 22.4. The van der Waals surface area contributed by atoms with E-state index in [1.165, 1.54) is 11.8 Å². The number of carbonyl (C=O) groups excluding carboxylic acids is 1. The molecule has 0 N–H and O–H groups in total. The quantitative estimate of drug-likeness (QED) is 0.592. The molecule has 2 atom stereocenters. The van der Waals surface area contributed by atoms with Gasteiger partial charge in [-0.2, -0.15) is 4.99 Å². The lowest BCUT2D eigenvalue weighted by atomic mass is 10.1. The number of para-hydroxylation sites is 1. The molecular formula is C24H29N3O4S2. The smallest absolute Gasteiger partial charge is 0.252 e. The Morgan fingerprint density at radius 1 is 1.12 bits per heavy atom. The van der Waals surface area contributed by atoms with Crippen molar-refractivity contribution >= 4 is 44.0 Å². The lowest BCUT2D eigenvalue weighted by molar-refractivity contribution is -0.117. The number of ether oxygens (including phenoxy) is 1. The van der Waals surface area contributed by atoms with Gasteiger partial charge >= 0.3 is 0 Å². The SMILES string of the molecule is CCN(CC)c1ccc(N2C(=NC(=O)Cc3ccccc3OC)SC3CS(=O)(=O)CC32)cc1. The van der Waals surface area contributed by atoms with E-state index in [-0.39, 0.29) is 35.1 Å². The van der Waals surface area contributed by atoms with Gasteiger partial charge < -0.3 is 14.5 Å². The molecule has 4 rings (SSSR count). The second-order valence-corrected chi connectivity index (χ2v) is 11.5. The van der Waals surface area contributed by atoms with E-state index >= 15 is 0 Å². The molecule has 7 nitrogen and oxygen atoms in total. The predicted octanol–water partition coefficient (Wildman–Crippen LogP) is 3.39. The first-order chi connectivity index (χ1) is 15.8. The highest BCUT2D eigenvalue weighted by Gasteiger charge is 2.49. The summed E-state index contributed by atoms with van der Waals surface area (Å²) in [5.74, 6) is 0.546. The number of anilines is 2. The van der Waals surface area contributed by atoms with E-state index in [9.17, 15) is 13.2 Å². The third-order valence-corrected chi connectivity index (χ3v) is 9.29. The van der Waals surface area contributed by atoms with Gasteiger partial charge in [0.2, 0.25) is 0 Å². The zero-order valence-electron chi connectivity index (χ0n) is 19.1. The van der Waals surface area contributed by atoms with Gasteiger partial charge in [0.05, 0.1) is 31.1 Å². The van der Waals surface area contributed by atoms with Crippen molar-refractivity contribution < 1.29 is 17.9 Å². The summed E-state index contributed by atoms with van der Waals surface area (Å²) in [5, 5.41) is 0.436. The molecule has 0 spiro atoms. The Morgan fingerprint density at radius 2 is 1.82 bits per heavy atom. The molecule has 0 aliphatic carbocycles. The molecular weight excluding hydrogens is 458 g/mol. The molecule has 0 bridgehead atoms. The number of fused-ring (bicyclic) bond motifs is 1. The molecule has 2 saturated heterocycles. The van der Waals surface area contributed by atoms with Gasteiger partial charge in [-0.25, -0.2) is 8.42 Å². The van der Waals surface area contributed by atoms with Gasteiger partial charge in [0.25, 0.3) is 5.91 Å². The Hall–Kier alpha value is -2.52. The summed E-state index contributed by atoms with van der Waals surface area (Å²) >= 11 is 1.39. The van der Waals surface area contributed by atoms with E-state index in [0.29, 0.717) is 10.9 Å². The first-order valence-electron chi connectivity index (χ1n) is 11.1. The van der Waals surface area contributed by atoms with Crippen LogP contribution in [0.15, 0.2) is 53.5 Å². The van der Waals surface area contributed by atoms with Crippen molar-refractivity contribution in [2.45, 2.75) is 31.6 Å². The lowest BCUT2D eigenvalue weighted by Gasteiger charge is -2.26. The third kappa shape index (κ3) is 5.04. The fourth-order valence-electron chi connectivity index (χ4n) is 4.44. The molecule has 2 unspecified atom stereocenters. The van der Waals surface area contributed by atoms with E-state index in [2.05, 4.69) is 23.7 Å². The second kappa shape index (κ2) is 9.77. The van der Waals surface area contributed by atoms with Crippen molar-refractivity contribution in [2.24, 2.45) is 4.99 Å². The maximum atomic E-state index is 12.9. The Morgan fingerprint density at radius 3 is 2.48 bits per heavy atom. The van der Waals surface area contributed by atoms with Crippen LogP contribution in [0.3, 0.4) is 0 Å². The van der Waals surface area contributed by atoms with Crippen molar-refractivity contribution in [2.75, 3.05) is 41.5 Å². The van der Waals surface area contributed by atoms with Crippen molar-refractivity contribution in [3.05, 3.63) is 54.1 Å². The van der Waals surface area contributed by atoms with Gasteiger partial charge in [0.1, 0.15) is 5.75 Å². The number of rotatable bonds is 7. The molecule has 0 aromatic heterocycles. The minimum Gasteiger partial charge on any atom is -0.496 e. The van der Waals surface area contributed by atoms with Crippen LogP contribution in [-0.4, -0.2) is 62.5 Å². The number of hydrogen-bond donors (Lipinski definition) is 0. The maximum Gasteiger partial charge on any atom is 0.252 e. The standard InChI is InChI=1S/C24H29N3O4S2/c1-4-26(5-2)18-10-12-19(13-11-18)27-20-15-33(29,30)16-22(20)32-24(27)25-23(28)14-17-8-6-7-9-21(17)31-3/h6-13,20,22H,4-5,14-16H2,1-3H3. The predicted molar refractivity (Wildman–Crippen MR) is 135 cm³/mol. The molecule has 2 fully saturated rings. The molecule has 0 saturated carbocycles. The summed E-state index contributed by atoms with van der Waals surface area (Å²) in [6.07, 6.45) is 0.121. The van der Waals surface area contributed by atoms with Gasteiger partial charge in [-0.1, -0.05) is 30.0 Å². The fourth-order valence-corrected chi connectivity index (χ4v) is 8.37. The van der Waals surface area contributed by atoms with Crippen LogP contribution >= 0.6 is 11.8 Å². The van der Waals surface area contributed by atoms with Crippen LogP contribution in [0.1, 0.15) is 19.4 Å². The summed E-state index contributed by atoms with van der Waals surface area (Å²) in [4.78, 5) is 21.5. The number of benzene rings is 2. The van der Waals surface area contributed by atoms with Crippen LogP contribution in [0.25, 0.3) is 0 Å². The summed E-state index contributed by atoms with van der Waals surface area (Å²) in [6, 6.07) is 15.2. The monoisotopic (exact) mass is 487 g/mol. The molecule has 33 heavy (non-hydrogen) atoms. The lowest BCUT2D eigenvalue weighted by Crippen LogP contribution is -2.37. The van der Waals surface area contributed by atoms with E-state index in [1.54, 1.807) is 7.11 Å². The van der Waals surface area contributed by atoms with Crippen LogP contribution in [0.5, 0.6) is 5.75 Å². The average Bonchev–Trinajstić information content (AvgIpc) is 3.26. The van der Waals surface area contributed by atoms with E-state index in [4.69, 9.17) is 4.74 Å². The number of sulfone groups is 1. The van der Waals surface area contributed by atoms with Crippen LogP contribution < -0.4 is 14.5 Å². The van der Waals surface area contributed by atoms with E-state index < -0.39 is 9.84 Å². The first-order valence-corrected chi connectivity index (χ1v) is 13.8. The number of amidine groups is 1. The largest absolute Gasteiger partial charge is 0.496 e. The van der Waals surface area contributed by atoms with Crippen LogP contribution in [0.2, 0.25) is 0 Å². The number of thioether (sulfide) groups is 1. The number of methoxy groups -OCH3 is 1. The van der Waals surface area contributed by atoms with Crippen molar-refractivity contribution in [3.63, 3.8) is 0 Å². The van der Waals surface area contributed by atoms with Crippen LogP contribution in [-0.2, 0) is 21.1 Å². The molecule has 2 aliphatic rings. The minimum atomic E-state index is -3.11. The molecule has 9 heteroatoms. The molecule has 176 valence electrons. The third-order valence-electron chi connectivity index (χ3n) is 6.08. The van der Waals surface area contributed by atoms with Gasteiger partial charge in [0.15, 0.2) is 15.0 Å². The number of nitrogens with zero attached hydrogens (tertiary/aromatic N) is 3. The Labute approximate surface area is 199 Å². The first kappa shape index (κ1) is 23.6. The van der Waals surface area contributed by atoms with Crippen molar-refractivity contribution in [3.8, 4) is 5.75 Å². The van der Waals surface area contributed by atoms with Gasteiger partial charge in [-0.3, -0.25) is 4.79 Å². The zero-order chi connectivity index (χ0) is 23.6. The fraction of sp³-hybridized carbons (Fsp3) is 0.417. The highest BCUT2D eigenvalue weighted by molar-refractivity contribution is 8.16. The van der Waals surface area contributed by atoms with Crippen LogP contribution in [0.4, 0.5) is 11.4 Å². The summed E-state index contributed by atoms with van der Waals surface area (Å²) in [6.45, 7) is 6.03. The van der Waals surface area contributed by atoms with Crippen molar-refractivity contribution in [1.82, 2.24) is 0 Å². The summed E-state index contributed by atoms with van der Waals surface area (Å²) < 4.78 is 30.0. The van der Waals surface area contributed by atoms with E-state index in [1.807, 2.05) is 53.4 Å². The van der Waals surface area contributed by atoms with Crippen molar-refractivity contribution in [1.29, 1.82) is 0 Å². The maximum absolute atomic E-state index is 12.9. The Balaban J connectivity index is 1.63. The topological polar surface area (TPSA) is 79.3 Å². The molecule has 1 amide bonds. The Bertz CT molecular complexity index is 1140. The van der Waals surface area contributed by atoms with Gasteiger partial charge in [0, 0.05) is 35.3 Å². The number of hydrogen-bond acceptors (Lipinski definition) is 6. The average molecular weight is 488 g/mol. The number of carbonyl (C=O) groups is 1. The minimum absolute atomic E-state index is 0.0716. The highest BCUT2D eigenvalue weighted by Crippen LogP contribution is 2.41. The Kier molecular flexibility index (Phi) is 6.99. The van der Waals surface area contributed by atoms with Gasteiger partial charge in [-0.05, 0) is 44.2 Å². The molecule has 2 aliphatic heterocycles. The molecule has 0 radical (unpaired) electrons. The zero-order valence-corrected chi connectivity index (χ0v) is 20.7. The molecule has 2 heterocycles. The number of amides is 1. The highest BCUT2D eigenvalue weighted by atomic mass is 32.2. The number of aliphatic imine (C=N–C) groups is 1. The second-order valence-electron chi connectivity index (χ2n) is 8.14. The molecule has 2 aromatic rings.